The van der Waals surface area contributed by atoms with Crippen molar-refractivity contribution < 1.29 is 82.8 Å². The van der Waals surface area contributed by atoms with Gasteiger partial charge in [0.2, 0.25) is 5.91 Å². The van der Waals surface area contributed by atoms with E-state index in [-0.39, 0.29) is 21.4 Å². The number of hydrogen-bond donors (Lipinski definition) is 6. The van der Waals surface area contributed by atoms with Crippen LogP contribution in [-0.4, -0.2) is 154 Å². The lowest BCUT2D eigenvalue weighted by molar-refractivity contribution is -0.221. The Kier molecular flexibility index (Phi) is 17.8. The van der Waals surface area contributed by atoms with Gasteiger partial charge in [0.25, 0.3) is 5.91 Å². The number of piperidine rings is 1. The number of nitrogens with one attached hydrogen (secondary N) is 4. The summed E-state index contributed by atoms with van der Waals surface area (Å²) in [5.74, 6) is 0.634. The highest BCUT2D eigenvalue weighted by molar-refractivity contribution is 5.87. The van der Waals surface area contributed by atoms with E-state index in [9.17, 15) is 64.5 Å². The second-order valence-corrected chi connectivity index (χ2v) is 20.5. The van der Waals surface area contributed by atoms with E-state index in [0.717, 1.165) is 58.0 Å². The van der Waals surface area contributed by atoms with Crippen LogP contribution in [0.4, 0.5) is 59.3 Å². The summed E-state index contributed by atoms with van der Waals surface area (Å²) in [4.78, 5) is 61.4. The van der Waals surface area contributed by atoms with Crippen molar-refractivity contribution in [3.63, 3.8) is 0 Å². The Morgan fingerprint density at radius 3 is 1.90 bits per heavy atom. The number of alkyl carbamates (subject to hydrolysis) is 1. The lowest BCUT2D eigenvalue weighted by Crippen LogP contribution is -2.72. The van der Waals surface area contributed by atoms with Crippen LogP contribution in [0.2, 0.25) is 0 Å². The molecule has 4 fully saturated rings. The molecular formula is C51H56F10N10O8. The number of fused-ring (bicyclic) bond motifs is 2. The Labute approximate surface area is 445 Å². The van der Waals surface area contributed by atoms with Gasteiger partial charge in [0.15, 0.2) is 0 Å². The van der Waals surface area contributed by atoms with E-state index < -0.39 is 115 Å². The van der Waals surface area contributed by atoms with Crippen LogP contribution in [0.5, 0.6) is 0 Å². The third-order valence-electron chi connectivity index (χ3n) is 14.4. The number of hydrazine groups is 1. The number of nitrogens with zero attached hydrogens (tertiary/aromatic N) is 6. The minimum Gasteiger partial charge on any atom is -0.465 e. The quantitative estimate of drug-likeness (QED) is 0.0354. The molecule has 2 aromatic carbocycles. The van der Waals surface area contributed by atoms with Gasteiger partial charge in [-0.25, -0.2) is 33.0 Å². The first-order valence-corrected chi connectivity index (χ1v) is 24.5. The number of pyridine rings is 1. The zero-order valence-corrected chi connectivity index (χ0v) is 42.9. The zero-order valence-electron chi connectivity index (χ0n) is 42.9. The van der Waals surface area contributed by atoms with Crippen LogP contribution in [0.1, 0.15) is 62.9 Å². The maximum Gasteiger partial charge on any atom is 0.407 e. The minimum absolute atomic E-state index is 0.187. The van der Waals surface area contributed by atoms with Crippen LogP contribution in [-0.2, 0) is 32.0 Å². The third-order valence-corrected chi connectivity index (χ3v) is 14.4. The molecule has 0 spiro atoms. The molecule has 2 unspecified atom stereocenters. The molecule has 18 nitrogen and oxygen atoms in total. The molecule has 6 atom stereocenters. The highest BCUT2D eigenvalue weighted by Gasteiger charge is 2.57. The zero-order chi connectivity index (χ0) is 57.9. The second kappa shape index (κ2) is 23.6. The van der Waals surface area contributed by atoms with Gasteiger partial charge in [0, 0.05) is 72.9 Å². The van der Waals surface area contributed by atoms with E-state index in [1.165, 1.54) is 29.6 Å². The molecule has 0 saturated carbocycles. The number of aromatic nitrogens is 3. The number of carbonyl (C=O) groups excluding carboxylic acids is 3. The fourth-order valence-corrected chi connectivity index (χ4v) is 9.24. The van der Waals surface area contributed by atoms with Crippen LogP contribution in [0.25, 0.3) is 11.1 Å². The molecule has 428 valence electrons. The number of ether oxygens (including phenoxy) is 2. The Bertz CT molecular complexity index is 2870. The summed E-state index contributed by atoms with van der Waals surface area (Å²) in [6.07, 6.45) is -12.4. The van der Waals surface area contributed by atoms with Crippen LogP contribution >= 0.6 is 0 Å². The van der Waals surface area contributed by atoms with Gasteiger partial charge in [-0.3, -0.25) is 19.9 Å². The van der Waals surface area contributed by atoms with E-state index in [2.05, 4.69) is 41.8 Å². The molecule has 6 N–H and O–H groups in total. The number of anilines is 1. The molecule has 4 amide bonds. The van der Waals surface area contributed by atoms with Crippen molar-refractivity contribution in [3.8, 4) is 23.0 Å². The fraction of sp³-hybridized carbons (Fsp3) is 0.490. The summed E-state index contributed by atoms with van der Waals surface area (Å²) >= 11 is 0. The van der Waals surface area contributed by atoms with Gasteiger partial charge >= 0.3 is 31.1 Å². The first-order valence-electron chi connectivity index (χ1n) is 24.5. The van der Waals surface area contributed by atoms with E-state index in [1.807, 2.05) is 22.9 Å². The average molecular weight is 1130 g/mol. The maximum absolute atomic E-state index is 16.0. The van der Waals surface area contributed by atoms with Gasteiger partial charge in [-0.05, 0) is 88.1 Å². The number of piperazine rings is 1. The highest BCUT2D eigenvalue weighted by atomic mass is 19.4. The Hall–Kier alpha value is -7.22. The number of carbonyl (C=O) groups is 4. The van der Waals surface area contributed by atoms with Crippen molar-refractivity contribution in [2.24, 2.45) is 10.8 Å². The molecule has 0 radical (unpaired) electrons. The van der Waals surface area contributed by atoms with Gasteiger partial charge in [0.1, 0.15) is 29.5 Å². The Balaban J connectivity index is 1.18. The summed E-state index contributed by atoms with van der Waals surface area (Å²) in [6, 6.07) is 5.21. The summed E-state index contributed by atoms with van der Waals surface area (Å²) < 4.78 is 155. The van der Waals surface area contributed by atoms with Crippen LogP contribution < -0.4 is 26.3 Å². The summed E-state index contributed by atoms with van der Waals surface area (Å²) in [5, 5.41) is 30.9. The van der Waals surface area contributed by atoms with Crippen molar-refractivity contribution in [3.05, 3.63) is 101 Å². The van der Waals surface area contributed by atoms with E-state index in [0.29, 0.717) is 74.1 Å². The van der Waals surface area contributed by atoms with Crippen molar-refractivity contribution in [2.75, 3.05) is 44.9 Å². The molecule has 4 aliphatic heterocycles. The van der Waals surface area contributed by atoms with Gasteiger partial charge in [-0.2, -0.15) is 40.2 Å². The molecule has 8 rings (SSSR count). The van der Waals surface area contributed by atoms with Crippen LogP contribution in [0.15, 0.2) is 67.1 Å². The number of methoxy groups -OCH3 is 1. The van der Waals surface area contributed by atoms with Crippen molar-refractivity contribution in [1.82, 2.24) is 46.0 Å². The van der Waals surface area contributed by atoms with E-state index in [1.54, 1.807) is 6.20 Å². The Morgan fingerprint density at radius 2 is 1.39 bits per heavy atom. The smallest absolute Gasteiger partial charge is 0.407 e. The lowest BCUT2D eigenvalue weighted by atomic mass is 9.82. The first-order chi connectivity index (χ1) is 37.0. The summed E-state index contributed by atoms with van der Waals surface area (Å²) in [7, 11) is 0.811. The van der Waals surface area contributed by atoms with E-state index in [4.69, 9.17) is 4.74 Å². The van der Waals surface area contributed by atoms with Gasteiger partial charge in [0.05, 0.1) is 55.5 Å². The monoisotopic (exact) mass is 1130 g/mol. The summed E-state index contributed by atoms with van der Waals surface area (Å²) in [6.45, 7) is -0.0460. The predicted molar refractivity (Wildman–Crippen MR) is 260 cm³/mol. The minimum atomic E-state index is -5.28. The molecule has 0 aliphatic carbocycles. The molecule has 4 aromatic rings. The molecule has 79 heavy (non-hydrogen) atoms. The largest absolute Gasteiger partial charge is 0.465 e. The van der Waals surface area contributed by atoms with Crippen molar-refractivity contribution >= 4 is 29.8 Å². The lowest BCUT2D eigenvalue weighted by Gasteiger charge is -2.59. The average Bonchev–Trinajstić information content (AvgIpc) is 4.05. The fourth-order valence-electron chi connectivity index (χ4n) is 9.24. The number of alkyl halides is 8. The number of hydrogen-bond acceptors (Lipinski definition) is 12. The Morgan fingerprint density at radius 1 is 0.810 bits per heavy atom. The SMILES string of the molecule is COC(=O)N[C@H](C(=O)N[C@@H](Cc1ccc(C#Cc2ccc(N3C4CC3CN(C3COC3)C4)nc2)cc1)[C@@H](O)CN(Cc1c(F)cc(-c2cnn(C(F)F)c2)cc1F)NC(=O)[C@@H](NC(=O)O)C(C)(C)C(F)(F)F)C(C)(C)C(F)(F)F. The predicted octanol–water partition coefficient (Wildman–Crippen LogP) is 6.14. The maximum atomic E-state index is 16.0. The van der Waals surface area contributed by atoms with Crippen molar-refractivity contribution in [2.45, 2.75) is 108 Å². The first kappa shape index (κ1) is 59.4. The third kappa shape index (κ3) is 13.6. The molecule has 2 bridgehead atoms. The number of rotatable bonds is 19. The molecular weight excluding hydrogens is 1070 g/mol. The molecule has 4 aliphatic rings. The molecule has 4 saturated heterocycles. The number of amides is 4. The molecule has 2 aromatic heterocycles. The topological polar surface area (TPSA) is 216 Å². The number of halogens is 10. The molecule has 28 heteroatoms. The van der Waals surface area contributed by atoms with Crippen molar-refractivity contribution in [1.29, 1.82) is 0 Å². The van der Waals surface area contributed by atoms with E-state index >= 15 is 8.78 Å². The number of aliphatic hydroxyl groups is 1. The molecule has 6 heterocycles. The number of aliphatic hydroxyl groups excluding tert-OH is 1. The van der Waals surface area contributed by atoms with Gasteiger partial charge in [-0.1, -0.05) is 24.0 Å². The number of benzene rings is 2. The summed E-state index contributed by atoms with van der Waals surface area (Å²) in [5.41, 5.74) is -4.47. The van der Waals surface area contributed by atoms with Gasteiger partial charge < -0.3 is 40.5 Å². The van der Waals surface area contributed by atoms with Crippen LogP contribution in [0.3, 0.4) is 0 Å². The van der Waals surface area contributed by atoms with Crippen LogP contribution in [0, 0.1) is 34.3 Å². The second-order valence-electron chi connectivity index (χ2n) is 20.5. The highest BCUT2D eigenvalue weighted by Crippen LogP contribution is 2.42. The standard InChI is InChI=1S/C51H56F10N10O8/c1-48(2,50(56,57)58)41(66-47(77)78-5)43(73)64-38(14-28-9-6-27(7-10-28)8-11-29-12-13-40(62-18-29)71-32-17-33(71)22-68(21-32)34-25-79-26-34)39(72)24-69(67-44(74)42(65-46(75)76)49(3,4)51(59,60)61)23-35-36(52)15-30(16-37(35)53)31-19-63-70(20-31)45(54)55/h6-7,9-10,12-13,15-16,18-20,32-34,38-39,41-42,45,65,72H,14,17,21-26H2,1-5H3,(H,64,73)(H,66,77)(H,67,74)(H,75,76)/t32?,33?,38-,39-,41+,42+/m0/s1. The normalized spacial score (nSPS) is 18.5. The van der Waals surface area contributed by atoms with Gasteiger partial charge in [-0.15, -0.1) is 0 Å². The number of carboxylic acid groups (broad SMARTS) is 1.